The molecule has 1 aliphatic rings. The molecule has 12 heavy (non-hydrogen) atoms. The molecule has 4 heteroatoms. The zero-order chi connectivity index (χ0) is 8.81. The summed E-state index contributed by atoms with van der Waals surface area (Å²) in [7, 11) is 0. The summed E-state index contributed by atoms with van der Waals surface area (Å²) in [6.07, 6.45) is 1.51. The van der Waals surface area contributed by atoms with Gasteiger partial charge in [-0.25, -0.2) is 0 Å². The summed E-state index contributed by atoms with van der Waals surface area (Å²) < 4.78 is 5.27. The van der Waals surface area contributed by atoms with E-state index in [0.29, 0.717) is 6.42 Å². The molecule has 0 aromatic carbocycles. The van der Waals surface area contributed by atoms with Crippen molar-refractivity contribution in [3.8, 4) is 0 Å². The van der Waals surface area contributed by atoms with Gasteiger partial charge in [0.25, 0.3) is 0 Å². The van der Waals surface area contributed by atoms with Crippen molar-refractivity contribution in [3.63, 3.8) is 0 Å². The number of hydrogen-bond acceptors (Lipinski definition) is 3. The Balaban J connectivity index is 2.16. The number of hydrogen-bond donors (Lipinski definition) is 1. The Morgan fingerprint density at radius 1 is 1.42 bits per heavy atom. The molecule has 1 saturated heterocycles. The number of carbonyl (C=O) groups is 1. The standard InChI is InChI=1S/C8H16N2O2/c9-8(11)2-4-10-3-1-6-12-7-5-10/h1-7H2,(H2,9,11). The number of nitrogens with zero attached hydrogens (tertiary/aromatic N) is 1. The Morgan fingerprint density at radius 3 is 3.00 bits per heavy atom. The lowest BCUT2D eigenvalue weighted by Crippen LogP contribution is -2.30. The number of rotatable bonds is 3. The van der Waals surface area contributed by atoms with Gasteiger partial charge in [-0.1, -0.05) is 0 Å². The van der Waals surface area contributed by atoms with Gasteiger partial charge in [-0.2, -0.15) is 0 Å². The molecule has 1 heterocycles. The van der Waals surface area contributed by atoms with Crippen LogP contribution in [0.1, 0.15) is 12.8 Å². The molecule has 2 N–H and O–H groups in total. The molecule has 0 aliphatic carbocycles. The molecule has 0 aromatic rings. The van der Waals surface area contributed by atoms with E-state index < -0.39 is 0 Å². The second kappa shape index (κ2) is 5.11. The maximum Gasteiger partial charge on any atom is 0.218 e. The molecule has 1 aliphatic heterocycles. The van der Waals surface area contributed by atoms with Gasteiger partial charge in [-0.05, 0) is 6.42 Å². The number of carbonyl (C=O) groups excluding carboxylic acids is 1. The monoisotopic (exact) mass is 172 g/mol. The average Bonchev–Trinajstić information content (AvgIpc) is 2.28. The van der Waals surface area contributed by atoms with Crippen molar-refractivity contribution >= 4 is 5.91 Å². The fraction of sp³-hybridized carbons (Fsp3) is 0.875. The van der Waals surface area contributed by atoms with E-state index in [9.17, 15) is 4.79 Å². The van der Waals surface area contributed by atoms with Gasteiger partial charge in [0.1, 0.15) is 0 Å². The van der Waals surface area contributed by atoms with E-state index >= 15 is 0 Å². The Kier molecular flexibility index (Phi) is 4.04. The highest BCUT2D eigenvalue weighted by Crippen LogP contribution is 1.99. The highest BCUT2D eigenvalue weighted by atomic mass is 16.5. The van der Waals surface area contributed by atoms with E-state index in [0.717, 1.165) is 39.3 Å². The van der Waals surface area contributed by atoms with Gasteiger partial charge in [0.2, 0.25) is 5.91 Å². The maximum atomic E-state index is 10.5. The molecule has 0 spiro atoms. The minimum absolute atomic E-state index is 0.222. The van der Waals surface area contributed by atoms with Gasteiger partial charge in [-0.15, -0.1) is 0 Å². The van der Waals surface area contributed by atoms with Crippen LogP contribution in [0.4, 0.5) is 0 Å². The molecule has 0 atom stereocenters. The van der Waals surface area contributed by atoms with Crippen molar-refractivity contribution in [1.29, 1.82) is 0 Å². The van der Waals surface area contributed by atoms with E-state index in [1.807, 2.05) is 0 Å². The Morgan fingerprint density at radius 2 is 2.25 bits per heavy atom. The van der Waals surface area contributed by atoms with E-state index in [1.54, 1.807) is 0 Å². The smallest absolute Gasteiger partial charge is 0.218 e. The number of amides is 1. The summed E-state index contributed by atoms with van der Waals surface area (Å²) in [4.78, 5) is 12.7. The third-order valence-corrected chi connectivity index (χ3v) is 1.99. The molecule has 1 fully saturated rings. The number of ether oxygens (including phenoxy) is 1. The van der Waals surface area contributed by atoms with Crippen LogP contribution in [0.15, 0.2) is 0 Å². The van der Waals surface area contributed by atoms with Crippen LogP contribution in [-0.2, 0) is 9.53 Å². The third-order valence-electron chi connectivity index (χ3n) is 1.99. The van der Waals surface area contributed by atoms with Crippen LogP contribution in [0.2, 0.25) is 0 Å². The van der Waals surface area contributed by atoms with Crippen molar-refractivity contribution in [3.05, 3.63) is 0 Å². The Bertz CT molecular complexity index is 142. The van der Waals surface area contributed by atoms with Gasteiger partial charge < -0.3 is 15.4 Å². The topological polar surface area (TPSA) is 55.6 Å². The SMILES string of the molecule is NC(=O)CCN1CCCOCC1. The second-order valence-electron chi connectivity index (χ2n) is 3.02. The average molecular weight is 172 g/mol. The molecule has 70 valence electrons. The molecule has 1 amide bonds. The zero-order valence-corrected chi connectivity index (χ0v) is 7.29. The molecule has 0 radical (unpaired) electrons. The van der Waals surface area contributed by atoms with Crippen molar-refractivity contribution in [2.75, 3.05) is 32.8 Å². The molecule has 1 rings (SSSR count). The predicted octanol–water partition coefficient (Wildman–Crippen LogP) is -0.416. The number of nitrogens with two attached hydrogens (primary N) is 1. The van der Waals surface area contributed by atoms with E-state index in [2.05, 4.69) is 4.90 Å². The van der Waals surface area contributed by atoms with Crippen LogP contribution < -0.4 is 5.73 Å². The van der Waals surface area contributed by atoms with E-state index in [4.69, 9.17) is 10.5 Å². The van der Waals surface area contributed by atoms with Crippen molar-refractivity contribution < 1.29 is 9.53 Å². The first kappa shape index (κ1) is 9.48. The van der Waals surface area contributed by atoms with Gasteiger partial charge in [0, 0.05) is 32.7 Å². The second-order valence-corrected chi connectivity index (χ2v) is 3.02. The van der Waals surface area contributed by atoms with Gasteiger partial charge >= 0.3 is 0 Å². The van der Waals surface area contributed by atoms with Gasteiger partial charge in [-0.3, -0.25) is 4.79 Å². The Hall–Kier alpha value is -0.610. The summed E-state index contributed by atoms with van der Waals surface area (Å²) in [5.41, 5.74) is 5.05. The molecule has 0 unspecified atom stereocenters. The van der Waals surface area contributed by atoms with Crippen molar-refractivity contribution in [2.45, 2.75) is 12.8 Å². The first-order chi connectivity index (χ1) is 5.79. The summed E-state index contributed by atoms with van der Waals surface area (Å²) in [6, 6.07) is 0. The van der Waals surface area contributed by atoms with Crippen molar-refractivity contribution in [1.82, 2.24) is 4.90 Å². The minimum atomic E-state index is -0.222. The molecule has 4 nitrogen and oxygen atoms in total. The van der Waals surface area contributed by atoms with Crippen LogP contribution in [0.3, 0.4) is 0 Å². The summed E-state index contributed by atoms with van der Waals surface area (Å²) in [5, 5.41) is 0. The van der Waals surface area contributed by atoms with Crippen LogP contribution >= 0.6 is 0 Å². The molecule has 0 aromatic heterocycles. The summed E-state index contributed by atoms with van der Waals surface area (Å²) in [5.74, 6) is -0.222. The normalized spacial score (nSPS) is 20.3. The van der Waals surface area contributed by atoms with Crippen LogP contribution in [0.5, 0.6) is 0 Å². The fourth-order valence-corrected chi connectivity index (χ4v) is 1.29. The van der Waals surface area contributed by atoms with E-state index in [1.165, 1.54) is 0 Å². The fourth-order valence-electron chi connectivity index (χ4n) is 1.29. The summed E-state index contributed by atoms with van der Waals surface area (Å²) in [6.45, 7) is 4.34. The van der Waals surface area contributed by atoms with Crippen LogP contribution in [0.25, 0.3) is 0 Å². The first-order valence-electron chi connectivity index (χ1n) is 4.37. The lowest BCUT2D eigenvalue weighted by molar-refractivity contribution is -0.118. The highest BCUT2D eigenvalue weighted by molar-refractivity contribution is 5.73. The molecular formula is C8H16N2O2. The lowest BCUT2D eigenvalue weighted by atomic mass is 10.3. The lowest BCUT2D eigenvalue weighted by Gasteiger charge is -2.17. The van der Waals surface area contributed by atoms with Crippen LogP contribution in [-0.4, -0.2) is 43.7 Å². The summed E-state index contributed by atoms with van der Waals surface area (Å²) >= 11 is 0. The van der Waals surface area contributed by atoms with Gasteiger partial charge in [0.15, 0.2) is 0 Å². The highest BCUT2D eigenvalue weighted by Gasteiger charge is 2.09. The zero-order valence-electron chi connectivity index (χ0n) is 7.29. The Labute approximate surface area is 72.7 Å². The van der Waals surface area contributed by atoms with Crippen LogP contribution in [0, 0.1) is 0 Å². The first-order valence-corrected chi connectivity index (χ1v) is 4.37. The number of primary amides is 1. The molecule has 0 bridgehead atoms. The molecular weight excluding hydrogens is 156 g/mol. The minimum Gasteiger partial charge on any atom is -0.380 e. The third kappa shape index (κ3) is 3.69. The quantitative estimate of drug-likeness (QED) is 0.629. The largest absolute Gasteiger partial charge is 0.380 e. The molecule has 0 saturated carbocycles. The van der Waals surface area contributed by atoms with Crippen molar-refractivity contribution in [2.24, 2.45) is 5.73 Å². The maximum absolute atomic E-state index is 10.5. The van der Waals surface area contributed by atoms with E-state index in [-0.39, 0.29) is 5.91 Å². The van der Waals surface area contributed by atoms with Gasteiger partial charge in [0.05, 0.1) is 6.61 Å². The predicted molar refractivity (Wildman–Crippen MR) is 45.7 cm³/mol.